The fourth-order valence-corrected chi connectivity index (χ4v) is 3.61. The first-order valence-corrected chi connectivity index (χ1v) is 8.98. The van der Waals surface area contributed by atoms with E-state index in [9.17, 15) is 0 Å². The van der Waals surface area contributed by atoms with Gasteiger partial charge in [-0.3, -0.25) is 4.57 Å². The lowest BCUT2D eigenvalue weighted by Crippen LogP contribution is -2.47. The summed E-state index contributed by atoms with van der Waals surface area (Å²) < 4.78 is 7.89. The summed E-state index contributed by atoms with van der Waals surface area (Å²) in [5.41, 5.74) is 1.04. The topological polar surface area (TPSA) is 76.4 Å². The van der Waals surface area contributed by atoms with Crippen LogP contribution in [0.2, 0.25) is 0 Å². The number of aromatic nitrogens is 3. The Kier molecular flexibility index (Phi) is 4.65. The molecule has 2 aliphatic rings. The van der Waals surface area contributed by atoms with E-state index in [1.54, 1.807) is 6.33 Å². The van der Waals surface area contributed by atoms with E-state index in [1.165, 1.54) is 6.42 Å². The van der Waals surface area contributed by atoms with E-state index in [0.717, 1.165) is 36.9 Å². The molecule has 2 bridgehead atoms. The van der Waals surface area contributed by atoms with Crippen LogP contribution in [0.3, 0.4) is 0 Å². The fourth-order valence-electron chi connectivity index (χ4n) is 3.61. The van der Waals surface area contributed by atoms with E-state index in [0.29, 0.717) is 24.8 Å². The van der Waals surface area contributed by atoms with Crippen molar-refractivity contribution in [1.29, 1.82) is 0 Å². The molecule has 2 saturated heterocycles. The van der Waals surface area contributed by atoms with Crippen molar-refractivity contribution >= 4 is 5.96 Å². The largest absolute Gasteiger partial charge is 0.373 e. The van der Waals surface area contributed by atoms with Gasteiger partial charge in [-0.15, -0.1) is 10.2 Å². The first-order chi connectivity index (χ1) is 12.3. The molecular weight excluding hydrogens is 316 g/mol. The van der Waals surface area contributed by atoms with Crippen LogP contribution in [0.5, 0.6) is 0 Å². The Hall–Kier alpha value is -2.41. The van der Waals surface area contributed by atoms with Crippen LogP contribution in [0.15, 0.2) is 41.7 Å². The quantitative estimate of drug-likeness (QED) is 0.639. The number of hydrogen-bond acceptors (Lipinski definition) is 4. The van der Waals surface area contributed by atoms with Gasteiger partial charge >= 0.3 is 0 Å². The molecular formula is C18H24N6O. The van der Waals surface area contributed by atoms with Crippen LogP contribution in [0.4, 0.5) is 0 Å². The highest BCUT2D eigenvalue weighted by Gasteiger charge is 2.41. The van der Waals surface area contributed by atoms with Gasteiger partial charge < -0.3 is 15.4 Å². The van der Waals surface area contributed by atoms with Gasteiger partial charge in [0.15, 0.2) is 11.8 Å². The zero-order valence-electron chi connectivity index (χ0n) is 14.4. The third-order valence-electron chi connectivity index (χ3n) is 4.80. The van der Waals surface area contributed by atoms with Crippen LogP contribution in [0.1, 0.15) is 32.0 Å². The Balaban J connectivity index is 1.46. The van der Waals surface area contributed by atoms with E-state index in [4.69, 9.17) is 9.73 Å². The second kappa shape index (κ2) is 7.23. The first-order valence-electron chi connectivity index (χ1n) is 8.98. The number of hydrogen-bond donors (Lipinski definition) is 2. The molecule has 132 valence electrons. The zero-order valence-corrected chi connectivity index (χ0v) is 14.4. The second-order valence-electron chi connectivity index (χ2n) is 6.51. The van der Waals surface area contributed by atoms with E-state index in [1.807, 2.05) is 34.9 Å². The average Bonchev–Trinajstić information content (AvgIpc) is 3.37. The Morgan fingerprint density at radius 3 is 2.92 bits per heavy atom. The van der Waals surface area contributed by atoms with Crippen LogP contribution < -0.4 is 10.6 Å². The minimum absolute atomic E-state index is 0.321. The van der Waals surface area contributed by atoms with Crippen LogP contribution in [0.25, 0.3) is 5.69 Å². The number of para-hydroxylation sites is 1. The Morgan fingerprint density at radius 1 is 1.32 bits per heavy atom. The third kappa shape index (κ3) is 3.51. The maximum atomic E-state index is 5.92. The molecule has 0 aliphatic carbocycles. The number of nitrogens with one attached hydrogen (secondary N) is 2. The van der Waals surface area contributed by atoms with Gasteiger partial charge in [0.25, 0.3) is 0 Å². The molecule has 1 aromatic carbocycles. The lowest BCUT2D eigenvalue weighted by molar-refractivity contribution is 0.0992. The monoisotopic (exact) mass is 340 g/mol. The average molecular weight is 340 g/mol. The molecule has 2 fully saturated rings. The van der Waals surface area contributed by atoms with E-state index in [-0.39, 0.29) is 0 Å². The molecule has 0 radical (unpaired) electrons. The fraction of sp³-hybridized carbons (Fsp3) is 0.500. The summed E-state index contributed by atoms with van der Waals surface area (Å²) in [5.74, 6) is 1.62. The summed E-state index contributed by atoms with van der Waals surface area (Å²) >= 11 is 0. The number of ether oxygens (including phenoxy) is 1. The summed E-state index contributed by atoms with van der Waals surface area (Å²) in [7, 11) is 0. The minimum Gasteiger partial charge on any atom is -0.373 e. The maximum Gasteiger partial charge on any atom is 0.192 e. The normalized spacial score (nSPS) is 25.3. The molecule has 4 rings (SSSR count). The molecule has 25 heavy (non-hydrogen) atoms. The van der Waals surface area contributed by atoms with E-state index in [2.05, 4.69) is 27.8 Å². The summed E-state index contributed by atoms with van der Waals surface area (Å²) in [5, 5.41) is 15.1. The van der Waals surface area contributed by atoms with Gasteiger partial charge in [0.2, 0.25) is 0 Å². The summed E-state index contributed by atoms with van der Waals surface area (Å²) in [6, 6.07) is 10.4. The summed E-state index contributed by atoms with van der Waals surface area (Å²) in [6.07, 6.45) is 5.87. The van der Waals surface area contributed by atoms with Gasteiger partial charge in [0.1, 0.15) is 12.9 Å². The van der Waals surface area contributed by atoms with Crippen molar-refractivity contribution in [3.05, 3.63) is 42.5 Å². The molecule has 3 unspecified atom stereocenters. The number of fused-ring (bicyclic) bond motifs is 2. The van der Waals surface area contributed by atoms with Crippen molar-refractivity contribution < 1.29 is 4.74 Å². The van der Waals surface area contributed by atoms with Crippen LogP contribution in [0, 0.1) is 0 Å². The van der Waals surface area contributed by atoms with Crippen LogP contribution in [-0.4, -0.2) is 45.5 Å². The maximum absolute atomic E-state index is 5.92. The molecule has 3 atom stereocenters. The molecule has 7 nitrogen and oxygen atoms in total. The van der Waals surface area contributed by atoms with Gasteiger partial charge in [0, 0.05) is 12.2 Å². The van der Waals surface area contributed by atoms with Gasteiger partial charge in [-0.05, 0) is 38.3 Å². The van der Waals surface area contributed by atoms with Gasteiger partial charge in [0.05, 0.1) is 18.2 Å². The second-order valence-corrected chi connectivity index (χ2v) is 6.51. The Labute approximate surface area is 147 Å². The smallest absolute Gasteiger partial charge is 0.192 e. The molecule has 0 saturated carbocycles. The molecule has 0 amide bonds. The number of rotatable bonds is 5. The molecule has 3 heterocycles. The first kappa shape index (κ1) is 16.1. The lowest BCUT2D eigenvalue weighted by Gasteiger charge is -2.22. The van der Waals surface area contributed by atoms with Crippen molar-refractivity contribution in [3.63, 3.8) is 0 Å². The Morgan fingerprint density at radius 2 is 2.20 bits per heavy atom. The zero-order chi connectivity index (χ0) is 17.1. The predicted molar refractivity (Wildman–Crippen MR) is 95.6 cm³/mol. The number of aliphatic imine (C=N–C) groups is 1. The predicted octanol–water partition coefficient (Wildman–Crippen LogP) is 1.64. The molecule has 2 N–H and O–H groups in total. The molecule has 0 spiro atoms. The van der Waals surface area contributed by atoms with Crippen molar-refractivity contribution in [2.45, 2.75) is 51.0 Å². The lowest BCUT2D eigenvalue weighted by atomic mass is 9.96. The highest BCUT2D eigenvalue weighted by Crippen LogP contribution is 2.34. The number of guanidine groups is 1. The third-order valence-corrected chi connectivity index (χ3v) is 4.80. The summed E-state index contributed by atoms with van der Waals surface area (Å²) in [6.45, 7) is 3.35. The molecule has 2 aromatic rings. The highest BCUT2D eigenvalue weighted by atomic mass is 16.5. The van der Waals surface area contributed by atoms with Gasteiger partial charge in [-0.25, -0.2) is 4.99 Å². The Bertz CT molecular complexity index is 728. The van der Waals surface area contributed by atoms with Crippen LogP contribution in [-0.2, 0) is 11.3 Å². The van der Waals surface area contributed by atoms with Crippen LogP contribution >= 0.6 is 0 Å². The van der Waals surface area contributed by atoms with Gasteiger partial charge in [-0.2, -0.15) is 0 Å². The van der Waals surface area contributed by atoms with Crippen molar-refractivity contribution in [1.82, 2.24) is 25.4 Å². The van der Waals surface area contributed by atoms with Crippen molar-refractivity contribution in [3.8, 4) is 5.69 Å². The summed E-state index contributed by atoms with van der Waals surface area (Å²) in [4.78, 5) is 4.70. The van der Waals surface area contributed by atoms with Crippen molar-refractivity contribution in [2.24, 2.45) is 4.99 Å². The molecule has 1 aromatic heterocycles. The number of nitrogens with zero attached hydrogens (tertiary/aromatic N) is 4. The van der Waals surface area contributed by atoms with Gasteiger partial charge in [-0.1, -0.05) is 18.2 Å². The van der Waals surface area contributed by atoms with E-state index >= 15 is 0 Å². The molecule has 7 heteroatoms. The van der Waals surface area contributed by atoms with Crippen molar-refractivity contribution in [2.75, 3.05) is 6.54 Å². The highest BCUT2D eigenvalue weighted by molar-refractivity contribution is 5.80. The standard InChI is InChI=1S/C18H24N6O/c1-2-19-18(22-15-10-14-8-9-16(15)25-14)20-11-17-23-21-12-24(17)13-6-4-3-5-7-13/h3-7,12,14-16H,2,8-11H2,1H3,(H2,19,20,22). The minimum atomic E-state index is 0.321. The SMILES string of the molecule is CCNC(=NCc1nncn1-c1ccccc1)NC1CC2CCC1O2. The molecule has 2 aliphatic heterocycles. The van der Waals surface area contributed by atoms with E-state index < -0.39 is 0 Å². The number of benzene rings is 1.